The first kappa shape index (κ1) is 74.3. The standard InChI is InChI=1S/C57H96O30/c1-33(2)39(8,68)40(9,69)50(19,35(4,79-33)29(60)61)84-55(24)46(15,75)42(11,71)52(21,37(6,81-55)31(64)65)86-57(26)48(17,77)44(13,73)53(22,38(7,83-57)32(66)67)87-56(25)47(16,76)43(12,72)51(20,36(5,82-56)30(62)63)85-54(23)45(14,74)41(10,70)49(18,78-27)34(3,80-54)28(58)59/h68-77H,1-27H3,(H,58,59)(H,60,61)(H,62,63)(H,64,65)(H,66,67)/t34?,35?,36?,37-,38?,39?,40-,41-,42?,43?,44+,45?,46?,47?,48?,49+,50+,51+,52+,53+,54-,55-,56-,57-/m0/s1. The predicted octanol–water partition coefficient (Wildman–Crippen LogP) is 0.0136. The fourth-order valence-corrected chi connectivity index (χ4v) is 14.5. The molecule has 504 valence electrons. The Hall–Kier alpha value is -3.45. The van der Waals surface area contributed by atoms with Gasteiger partial charge in [-0.2, -0.15) is 0 Å². The van der Waals surface area contributed by atoms with Crippen LogP contribution in [-0.2, 0) is 71.3 Å². The molecule has 0 spiro atoms. The summed E-state index contributed by atoms with van der Waals surface area (Å²) < 4.78 is 62.4. The molecule has 24 atom stereocenters. The van der Waals surface area contributed by atoms with Crippen molar-refractivity contribution >= 4 is 29.8 Å². The van der Waals surface area contributed by atoms with E-state index in [0.29, 0.717) is 0 Å². The van der Waals surface area contributed by atoms with Crippen molar-refractivity contribution in [3.8, 4) is 0 Å². The Morgan fingerprint density at radius 2 is 0.391 bits per heavy atom. The highest BCUT2D eigenvalue weighted by Gasteiger charge is 2.89. The Labute approximate surface area is 504 Å². The lowest BCUT2D eigenvalue weighted by Crippen LogP contribution is -2.93. The first-order valence-electron chi connectivity index (χ1n) is 27.9. The third kappa shape index (κ3) is 7.71. The van der Waals surface area contributed by atoms with Crippen molar-refractivity contribution in [3.63, 3.8) is 0 Å². The molecule has 5 rings (SSSR count). The summed E-state index contributed by atoms with van der Waals surface area (Å²) in [7, 11) is 1.01. The second-order valence-corrected chi connectivity index (χ2v) is 29.0. The fourth-order valence-electron chi connectivity index (χ4n) is 14.5. The van der Waals surface area contributed by atoms with Crippen molar-refractivity contribution in [2.75, 3.05) is 7.11 Å². The van der Waals surface area contributed by atoms with Gasteiger partial charge in [0.25, 0.3) is 0 Å². The quantitative estimate of drug-likeness (QED) is 0.109. The largest absolute Gasteiger partial charge is 0.479 e. The maximum atomic E-state index is 14.2. The topological polar surface area (TPSA) is 481 Å². The number of methoxy groups -OCH3 is 1. The average molecular weight is 1260 g/mol. The highest BCUT2D eigenvalue weighted by Crippen LogP contribution is 2.68. The van der Waals surface area contributed by atoms with Crippen molar-refractivity contribution in [2.45, 2.75) is 321 Å². The van der Waals surface area contributed by atoms with Gasteiger partial charge in [0.15, 0.2) is 51.2 Å². The average Bonchev–Trinajstić information content (AvgIpc) is 0.681. The van der Waals surface area contributed by atoms with Crippen molar-refractivity contribution in [3.05, 3.63) is 0 Å². The molecule has 87 heavy (non-hydrogen) atoms. The second-order valence-electron chi connectivity index (χ2n) is 29.0. The number of hydrogen-bond donors (Lipinski definition) is 15. The van der Waals surface area contributed by atoms with Crippen LogP contribution in [-0.4, -0.2) is 254 Å². The maximum absolute atomic E-state index is 14.2. The summed E-state index contributed by atoms with van der Waals surface area (Å²) in [6, 6.07) is 0. The Morgan fingerprint density at radius 3 is 0.563 bits per heavy atom. The molecule has 0 aromatic heterocycles. The summed E-state index contributed by atoms with van der Waals surface area (Å²) >= 11 is 0. The molecular formula is C57H96O30. The van der Waals surface area contributed by atoms with E-state index in [4.69, 9.17) is 47.4 Å². The monoisotopic (exact) mass is 1260 g/mol. The molecule has 5 fully saturated rings. The van der Waals surface area contributed by atoms with Crippen LogP contribution < -0.4 is 0 Å². The minimum atomic E-state index is -3.38. The Balaban J connectivity index is 1.73. The van der Waals surface area contributed by atoms with E-state index in [0.717, 1.165) is 173 Å². The molecule has 0 amide bonds. The van der Waals surface area contributed by atoms with E-state index >= 15 is 0 Å². The van der Waals surface area contributed by atoms with Crippen molar-refractivity contribution in [2.24, 2.45) is 0 Å². The zero-order valence-electron chi connectivity index (χ0n) is 54.8. The van der Waals surface area contributed by atoms with Gasteiger partial charge < -0.3 is 124 Å². The van der Waals surface area contributed by atoms with E-state index in [9.17, 15) is 101 Å². The third-order valence-electron chi connectivity index (χ3n) is 24.7. The summed E-state index contributed by atoms with van der Waals surface area (Å²) in [5.74, 6) is -22.6. The van der Waals surface area contributed by atoms with Crippen LogP contribution in [0.3, 0.4) is 0 Å². The van der Waals surface area contributed by atoms with Gasteiger partial charge >= 0.3 is 29.8 Å². The van der Waals surface area contributed by atoms with Crippen molar-refractivity contribution < 1.29 is 148 Å². The van der Waals surface area contributed by atoms with Crippen LogP contribution in [0.15, 0.2) is 0 Å². The molecule has 5 saturated heterocycles. The summed E-state index contributed by atoms with van der Waals surface area (Å²) in [6.07, 6.45) is 0. The number of aliphatic hydroxyl groups is 10. The number of hydrogen-bond acceptors (Lipinski definition) is 25. The zero-order valence-corrected chi connectivity index (χ0v) is 54.8. The van der Waals surface area contributed by atoms with Crippen LogP contribution in [0, 0.1) is 0 Å². The summed E-state index contributed by atoms with van der Waals surface area (Å²) in [4.78, 5) is 68.8. The maximum Gasteiger partial charge on any atom is 0.338 e. The number of carbonyl (C=O) groups is 5. The fraction of sp³-hybridized carbons (Fsp3) is 0.912. The first-order valence-corrected chi connectivity index (χ1v) is 27.9. The predicted molar refractivity (Wildman–Crippen MR) is 293 cm³/mol. The molecule has 15 N–H and O–H groups in total. The van der Waals surface area contributed by atoms with Gasteiger partial charge in [-0.05, 0) is 180 Å². The second kappa shape index (κ2) is 18.7. The molecule has 0 aliphatic carbocycles. The van der Waals surface area contributed by atoms with Crippen molar-refractivity contribution in [1.29, 1.82) is 0 Å². The number of aliphatic carboxylic acids is 5. The highest BCUT2D eigenvalue weighted by atomic mass is 16.8. The SMILES string of the molecule is CO[C@]1(C)C(C)(C(=O)O)O[C@@](C)(O[C@]2(C)C(C)(C(=O)O)O[C@@](C)(O[C@]3(C)C(C)(C(=O)O)O[C@@](C)(O[C@@]4(C)C(C)(O)C(C)(O)[C@](C)(O[C@]5(C)C(C)(C(=O)O)OC(C)(C)C(C)(O)[C@]5(C)O)O[C@@]4(C)C(=O)O)C(C)(O)[C@@]3(C)O)C(C)(O)C2(C)O)C(C)(O)[C@]1(C)O. The van der Waals surface area contributed by atoms with E-state index in [1.54, 1.807) is 0 Å². The van der Waals surface area contributed by atoms with Crippen LogP contribution in [0.5, 0.6) is 0 Å². The molecule has 11 unspecified atom stereocenters. The van der Waals surface area contributed by atoms with E-state index in [1.165, 1.54) is 13.8 Å². The molecule has 0 radical (unpaired) electrons. The van der Waals surface area contributed by atoms with E-state index in [1.807, 2.05) is 0 Å². The lowest BCUT2D eigenvalue weighted by Gasteiger charge is -2.73. The van der Waals surface area contributed by atoms with Crippen LogP contribution in [0.1, 0.15) is 180 Å². The van der Waals surface area contributed by atoms with Crippen LogP contribution in [0.4, 0.5) is 0 Å². The molecule has 30 heteroatoms. The Morgan fingerprint density at radius 1 is 0.241 bits per heavy atom. The summed E-state index contributed by atoms with van der Waals surface area (Å²) in [5.41, 5.74) is -62.6. The Bertz CT molecular complexity index is 2890. The minimum absolute atomic E-state index is 0.718. The molecule has 0 saturated carbocycles. The van der Waals surface area contributed by atoms with Gasteiger partial charge in [0.2, 0.25) is 0 Å². The van der Waals surface area contributed by atoms with Gasteiger partial charge in [0, 0.05) is 7.11 Å². The number of ether oxygens (including phenoxy) is 10. The highest BCUT2D eigenvalue weighted by molar-refractivity contribution is 5.83. The lowest BCUT2D eigenvalue weighted by atomic mass is 9.57. The lowest BCUT2D eigenvalue weighted by molar-refractivity contribution is -0.543. The van der Waals surface area contributed by atoms with Gasteiger partial charge in [0.05, 0.1) is 5.60 Å². The zero-order chi connectivity index (χ0) is 69.5. The van der Waals surface area contributed by atoms with E-state index < -0.39 is 171 Å². The first-order chi connectivity index (χ1) is 37.6. The molecule has 30 nitrogen and oxygen atoms in total. The minimum Gasteiger partial charge on any atom is -0.479 e. The molecule has 5 aliphatic heterocycles. The molecule has 0 aromatic carbocycles. The van der Waals surface area contributed by atoms with E-state index in [2.05, 4.69) is 0 Å². The molecule has 0 bridgehead atoms. The normalized spacial score (nSPS) is 58.7. The van der Waals surface area contributed by atoms with Crippen molar-refractivity contribution in [1.82, 2.24) is 0 Å². The van der Waals surface area contributed by atoms with Gasteiger partial charge in [-0.1, -0.05) is 0 Å². The van der Waals surface area contributed by atoms with Crippen LogP contribution in [0.25, 0.3) is 0 Å². The van der Waals surface area contributed by atoms with Gasteiger partial charge in [-0.3, -0.25) is 0 Å². The smallest absolute Gasteiger partial charge is 0.338 e. The number of rotatable bonds is 14. The van der Waals surface area contributed by atoms with E-state index in [-0.39, 0.29) is 0 Å². The molecule has 0 aromatic rings. The summed E-state index contributed by atoms with van der Waals surface area (Å²) in [5, 5.41) is 183. The Kier molecular flexibility index (Phi) is 15.9. The van der Waals surface area contributed by atoms with Crippen LogP contribution >= 0.6 is 0 Å². The molecular weight excluding hydrogens is 1160 g/mol. The van der Waals surface area contributed by atoms with Gasteiger partial charge in [0.1, 0.15) is 84.0 Å². The van der Waals surface area contributed by atoms with Gasteiger partial charge in [-0.15, -0.1) is 0 Å². The van der Waals surface area contributed by atoms with Crippen LogP contribution in [0.2, 0.25) is 0 Å². The number of carboxylic acids is 5. The third-order valence-corrected chi connectivity index (χ3v) is 24.7. The van der Waals surface area contributed by atoms with Gasteiger partial charge in [-0.25, -0.2) is 24.0 Å². The molecule has 5 aliphatic rings. The number of carboxylic acid groups (broad SMARTS) is 5. The molecule has 5 heterocycles. The summed E-state index contributed by atoms with van der Waals surface area (Å²) in [6.45, 7) is 23.1.